The highest BCUT2D eigenvalue weighted by Crippen LogP contribution is 2.21. The van der Waals surface area contributed by atoms with Gasteiger partial charge in [0.05, 0.1) is 22.6 Å². The molecule has 0 radical (unpaired) electrons. The van der Waals surface area contributed by atoms with E-state index in [9.17, 15) is 18.0 Å². The Bertz CT molecular complexity index is 989. The Morgan fingerprint density at radius 1 is 1.25 bits per heavy atom. The number of nitrogens with zero attached hydrogens (tertiary/aromatic N) is 4. The van der Waals surface area contributed by atoms with Gasteiger partial charge < -0.3 is 10.1 Å². The topological polar surface area (TPSA) is 81.9 Å². The van der Waals surface area contributed by atoms with Crippen LogP contribution in [0, 0.1) is 6.92 Å². The summed E-state index contributed by atoms with van der Waals surface area (Å²) in [5, 5.41) is 7.11. The van der Waals surface area contributed by atoms with Gasteiger partial charge in [0.1, 0.15) is 5.82 Å². The lowest BCUT2D eigenvalue weighted by Gasteiger charge is -2.08. The number of amides is 1. The Kier molecular flexibility index (Phi) is 5.50. The van der Waals surface area contributed by atoms with E-state index in [0.29, 0.717) is 16.5 Å². The number of carbonyl (C=O) groups excluding carboxylic acids is 1. The third-order valence-corrected chi connectivity index (χ3v) is 3.75. The molecule has 0 fully saturated rings. The molecule has 7 nitrogen and oxygen atoms in total. The predicted molar refractivity (Wildman–Crippen MR) is 94.8 cm³/mol. The lowest BCUT2D eigenvalue weighted by molar-refractivity contribution is -0.154. The number of hydrogen-bond donors (Lipinski definition) is 1. The average Bonchev–Trinajstić information content (AvgIpc) is 3.03. The Balaban J connectivity index is 1.70. The number of nitrogens with one attached hydrogen (secondary N) is 1. The molecule has 2 aromatic heterocycles. The molecule has 0 atom stereocenters. The molecule has 0 spiro atoms. The number of pyridine rings is 1. The Hall–Kier alpha value is -3.14. The molecule has 0 saturated carbocycles. The largest absolute Gasteiger partial charge is 0.468 e. The highest BCUT2D eigenvalue weighted by molar-refractivity contribution is 6.32. The standard InChI is InChI=1S/C17H13ClF3N5O2/c1-10-23-15(25-26(10)13-5-3-2-4-12(13)18)16(27)24-11-6-7-14(22-8-11)28-9-17(19,20)21/h2-8H,9H2,1H3,(H,24,27). The van der Waals surface area contributed by atoms with Crippen molar-refractivity contribution in [1.82, 2.24) is 19.7 Å². The Labute approximate surface area is 162 Å². The van der Waals surface area contributed by atoms with Gasteiger partial charge in [0.15, 0.2) is 6.61 Å². The minimum Gasteiger partial charge on any atom is -0.468 e. The molecule has 0 aliphatic rings. The van der Waals surface area contributed by atoms with Gasteiger partial charge in [0, 0.05) is 6.07 Å². The summed E-state index contributed by atoms with van der Waals surface area (Å²) >= 11 is 6.14. The minimum absolute atomic E-state index is 0.102. The molecule has 1 amide bonds. The summed E-state index contributed by atoms with van der Waals surface area (Å²) < 4.78 is 42.3. The molecule has 0 aliphatic heterocycles. The number of aryl methyl sites for hydroxylation is 1. The van der Waals surface area contributed by atoms with E-state index in [0.717, 1.165) is 0 Å². The molecule has 11 heteroatoms. The van der Waals surface area contributed by atoms with Crippen molar-refractivity contribution >= 4 is 23.2 Å². The molecule has 0 unspecified atom stereocenters. The van der Waals surface area contributed by atoms with Crippen LogP contribution < -0.4 is 10.1 Å². The van der Waals surface area contributed by atoms with Gasteiger partial charge in [-0.1, -0.05) is 23.7 Å². The molecule has 28 heavy (non-hydrogen) atoms. The Morgan fingerprint density at radius 2 is 2.00 bits per heavy atom. The van der Waals surface area contributed by atoms with E-state index in [1.807, 2.05) is 0 Å². The highest BCUT2D eigenvalue weighted by atomic mass is 35.5. The number of benzene rings is 1. The summed E-state index contributed by atoms with van der Waals surface area (Å²) in [6.45, 7) is 0.218. The smallest absolute Gasteiger partial charge is 0.422 e. The number of aromatic nitrogens is 4. The summed E-state index contributed by atoms with van der Waals surface area (Å²) in [5.74, 6) is -0.478. The first kappa shape index (κ1) is 19.6. The number of para-hydroxylation sites is 1. The summed E-state index contributed by atoms with van der Waals surface area (Å²) in [6, 6.07) is 9.52. The van der Waals surface area contributed by atoms with Gasteiger partial charge in [0.2, 0.25) is 11.7 Å². The second-order valence-electron chi connectivity index (χ2n) is 5.59. The van der Waals surface area contributed by atoms with E-state index in [2.05, 4.69) is 25.1 Å². The molecule has 0 bridgehead atoms. The van der Waals surface area contributed by atoms with Gasteiger partial charge in [-0.05, 0) is 25.1 Å². The van der Waals surface area contributed by atoms with Crippen LogP contribution in [-0.2, 0) is 0 Å². The van der Waals surface area contributed by atoms with E-state index in [1.165, 1.54) is 23.0 Å². The summed E-state index contributed by atoms with van der Waals surface area (Å²) in [7, 11) is 0. The molecule has 146 valence electrons. The summed E-state index contributed by atoms with van der Waals surface area (Å²) in [6.07, 6.45) is -3.29. The number of alkyl halides is 3. The molecule has 0 saturated heterocycles. The van der Waals surface area contributed by atoms with Crippen molar-refractivity contribution in [3.8, 4) is 11.6 Å². The van der Waals surface area contributed by atoms with Crippen molar-refractivity contribution < 1.29 is 22.7 Å². The third-order valence-electron chi connectivity index (χ3n) is 3.43. The van der Waals surface area contributed by atoms with Gasteiger partial charge in [-0.25, -0.2) is 14.6 Å². The first-order valence-electron chi connectivity index (χ1n) is 7.88. The van der Waals surface area contributed by atoms with Gasteiger partial charge >= 0.3 is 6.18 Å². The highest BCUT2D eigenvalue weighted by Gasteiger charge is 2.28. The van der Waals surface area contributed by atoms with Crippen molar-refractivity contribution in [2.24, 2.45) is 0 Å². The maximum Gasteiger partial charge on any atom is 0.422 e. The number of rotatable bonds is 5. The van der Waals surface area contributed by atoms with Crippen LogP contribution in [0.2, 0.25) is 5.02 Å². The zero-order chi connectivity index (χ0) is 20.3. The number of anilines is 1. The van der Waals surface area contributed by atoms with Crippen LogP contribution in [0.15, 0.2) is 42.6 Å². The zero-order valence-corrected chi connectivity index (χ0v) is 15.1. The van der Waals surface area contributed by atoms with E-state index in [-0.39, 0.29) is 17.4 Å². The average molecular weight is 412 g/mol. The molecular formula is C17H13ClF3N5O2. The van der Waals surface area contributed by atoms with Crippen LogP contribution in [0.5, 0.6) is 5.88 Å². The van der Waals surface area contributed by atoms with Crippen LogP contribution in [-0.4, -0.2) is 38.4 Å². The van der Waals surface area contributed by atoms with Gasteiger partial charge in [-0.2, -0.15) is 13.2 Å². The molecular weight excluding hydrogens is 399 g/mol. The van der Waals surface area contributed by atoms with E-state index in [4.69, 9.17) is 11.6 Å². The number of ether oxygens (including phenoxy) is 1. The lowest BCUT2D eigenvalue weighted by atomic mass is 10.3. The first-order chi connectivity index (χ1) is 13.2. The maximum absolute atomic E-state index is 12.3. The van der Waals surface area contributed by atoms with Crippen LogP contribution in [0.3, 0.4) is 0 Å². The monoisotopic (exact) mass is 411 g/mol. The molecule has 0 aliphatic carbocycles. The fourth-order valence-electron chi connectivity index (χ4n) is 2.22. The number of hydrogen-bond acceptors (Lipinski definition) is 5. The molecule has 3 rings (SSSR count). The van der Waals surface area contributed by atoms with E-state index >= 15 is 0 Å². The summed E-state index contributed by atoms with van der Waals surface area (Å²) in [5.41, 5.74) is 0.817. The zero-order valence-electron chi connectivity index (χ0n) is 14.4. The normalized spacial score (nSPS) is 11.3. The fraction of sp³-hybridized carbons (Fsp3) is 0.176. The quantitative estimate of drug-likeness (QED) is 0.690. The minimum atomic E-state index is -4.46. The van der Waals surface area contributed by atoms with E-state index in [1.54, 1.807) is 31.2 Å². The third kappa shape index (κ3) is 4.77. The second-order valence-corrected chi connectivity index (χ2v) is 6.00. The lowest BCUT2D eigenvalue weighted by Crippen LogP contribution is -2.19. The second kappa shape index (κ2) is 7.85. The van der Waals surface area contributed by atoms with Gasteiger partial charge in [-0.15, -0.1) is 5.10 Å². The first-order valence-corrected chi connectivity index (χ1v) is 8.26. The van der Waals surface area contributed by atoms with Crippen LogP contribution in [0.1, 0.15) is 16.4 Å². The van der Waals surface area contributed by atoms with Crippen LogP contribution >= 0.6 is 11.6 Å². The molecule has 2 heterocycles. The van der Waals surface area contributed by atoms with E-state index < -0.39 is 18.7 Å². The van der Waals surface area contributed by atoms with Crippen molar-refractivity contribution in [2.45, 2.75) is 13.1 Å². The molecule has 3 aromatic rings. The SMILES string of the molecule is Cc1nc(C(=O)Nc2ccc(OCC(F)(F)F)nc2)nn1-c1ccccc1Cl. The van der Waals surface area contributed by atoms with Gasteiger partial charge in [0.25, 0.3) is 5.91 Å². The molecule has 1 aromatic carbocycles. The van der Waals surface area contributed by atoms with Crippen LogP contribution in [0.25, 0.3) is 5.69 Å². The van der Waals surface area contributed by atoms with Crippen molar-refractivity contribution in [3.63, 3.8) is 0 Å². The maximum atomic E-state index is 12.3. The van der Waals surface area contributed by atoms with Crippen molar-refractivity contribution in [3.05, 3.63) is 59.3 Å². The summed E-state index contributed by atoms with van der Waals surface area (Å²) in [4.78, 5) is 20.2. The van der Waals surface area contributed by atoms with Crippen molar-refractivity contribution in [1.29, 1.82) is 0 Å². The van der Waals surface area contributed by atoms with Crippen molar-refractivity contribution in [2.75, 3.05) is 11.9 Å². The Morgan fingerprint density at radius 3 is 2.64 bits per heavy atom. The number of halogens is 4. The fourth-order valence-corrected chi connectivity index (χ4v) is 2.44. The molecule has 1 N–H and O–H groups in total. The van der Waals surface area contributed by atoms with Crippen LogP contribution in [0.4, 0.5) is 18.9 Å². The van der Waals surface area contributed by atoms with Gasteiger partial charge in [-0.3, -0.25) is 4.79 Å². The predicted octanol–water partition coefficient (Wildman–Crippen LogP) is 3.82. The number of carbonyl (C=O) groups is 1.